The van der Waals surface area contributed by atoms with Crippen molar-refractivity contribution >= 4 is 16.7 Å². The summed E-state index contributed by atoms with van der Waals surface area (Å²) in [6.45, 7) is 0. The van der Waals surface area contributed by atoms with Gasteiger partial charge in [0.15, 0.2) is 0 Å². The van der Waals surface area contributed by atoms with Crippen molar-refractivity contribution in [2.75, 3.05) is 0 Å². The van der Waals surface area contributed by atoms with E-state index in [0.29, 0.717) is 12.5 Å². The normalized spacial score (nSPS) is 16.0. The lowest BCUT2D eigenvalue weighted by molar-refractivity contribution is -0.121. The molecule has 2 aromatic carbocycles. The Kier molecular flexibility index (Phi) is 4.54. The zero-order valence-corrected chi connectivity index (χ0v) is 12.5. The fourth-order valence-corrected chi connectivity index (χ4v) is 3.20. The molecule has 1 saturated carbocycles. The van der Waals surface area contributed by atoms with E-state index in [1.165, 1.54) is 35.6 Å². The first-order chi connectivity index (χ1) is 10.3. The minimum atomic E-state index is 0.204. The van der Waals surface area contributed by atoms with Crippen molar-refractivity contribution in [1.82, 2.24) is 5.32 Å². The predicted molar refractivity (Wildman–Crippen MR) is 87.3 cm³/mol. The number of hydrogen-bond donors (Lipinski definition) is 1. The molecule has 3 rings (SSSR count). The molecule has 0 radical (unpaired) electrons. The SMILES string of the molecule is O=C(CCc1ccc2ccccc2c1)NC1CCCCC1. The molecule has 0 aromatic heterocycles. The molecule has 1 N–H and O–H groups in total. The lowest BCUT2D eigenvalue weighted by atomic mass is 9.95. The monoisotopic (exact) mass is 281 g/mol. The highest BCUT2D eigenvalue weighted by Crippen LogP contribution is 2.18. The van der Waals surface area contributed by atoms with Gasteiger partial charge in [0, 0.05) is 12.5 Å². The molecular weight excluding hydrogens is 258 g/mol. The van der Waals surface area contributed by atoms with Gasteiger partial charge in [0.2, 0.25) is 5.91 Å². The second-order valence-corrected chi connectivity index (χ2v) is 6.08. The van der Waals surface area contributed by atoms with Crippen LogP contribution in [0.3, 0.4) is 0 Å². The van der Waals surface area contributed by atoms with Crippen molar-refractivity contribution in [2.24, 2.45) is 0 Å². The first-order valence-corrected chi connectivity index (χ1v) is 8.08. The maximum Gasteiger partial charge on any atom is 0.220 e. The number of rotatable bonds is 4. The molecule has 2 nitrogen and oxygen atoms in total. The molecule has 1 aliphatic rings. The number of nitrogens with one attached hydrogen (secondary N) is 1. The molecular formula is C19H23NO. The van der Waals surface area contributed by atoms with Crippen molar-refractivity contribution < 1.29 is 4.79 Å². The van der Waals surface area contributed by atoms with Gasteiger partial charge in [-0.25, -0.2) is 0 Å². The lowest BCUT2D eigenvalue weighted by Gasteiger charge is -2.22. The minimum absolute atomic E-state index is 0.204. The van der Waals surface area contributed by atoms with Gasteiger partial charge in [-0.15, -0.1) is 0 Å². The van der Waals surface area contributed by atoms with Crippen LogP contribution in [0, 0.1) is 0 Å². The summed E-state index contributed by atoms with van der Waals surface area (Å²) in [5.41, 5.74) is 1.24. The van der Waals surface area contributed by atoms with Crippen LogP contribution >= 0.6 is 0 Å². The molecule has 110 valence electrons. The van der Waals surface area contributed by atoms with Crippen LogP contribution in [0.5, 0.6) is 0 Å². The van der Waals surface area contributed by atoms with E-state index in [0.717, 1.165) is 19.3 Å². The van der Waals surface area contributed by atoms with Crippen molar-refractivity contribution in [3.63, 3.8) is 0 Å². The number of carbonyl (C=O) groups excluding carboxylic acids is 1. The Hall–Kier alpha value is -1.83. The first kappa shape index (κ1) is 14.1. The molecule has 0 aliphatic heterocycles. The van der Waals surface area contributed by atoms with E-state index < -0.39 is 0 Å². The van der Waals surface area contributed by atoms with E-state index in [4.69, 9.17) is 0 Å². The molecule has 2 aromatic rings. The van der Waals surface area contributed by atoms with Crippen LogP contribution in [0.2, 0.25) is 0 Å². The van der Waals surface area contributed by atoms with Crippen LogP contribution in [0.1, 0.15) is 44.1 Å². The maximum atomic E-state index is 12.0. The first-order valence-electron chi connectivity index (χ1n) is 8.08. The van der Waals surface area contributed by atoms with E-state index in [9.17, 15) is 4.79 Å². The standard InChI is InChI=1S/C19H23NO/c21-19(20-18-8-2-1-3-9-18)13-11-15-10-12-16-6-4-5-7-17(16)14-15/h4-7,10,12,14,18H,1-3,8-9,11,13H2,(H,20,21). The van der Waals surface area contributed by atoms with Crippen LogP contribution < -0.4 is 5.32 Å². The van der Waals surface area contributed by atoms with E-state index in [2.05, 4.69) is 47.8 Å². The summed E-state index contributed by atoms with van der Waals surface area (Å²) < 4.78 is 0. The molecule has 0 atom stereocenters. The molecule has 0 saturated heterocycles. The van der Waals surface area contributed by atoms with Gasteiger partial charge in [0.1, 0.15) is 0 Å². The van der Waals surface area contributed by atoms with Crippen LogP contribution in [0.25, 0.3) is 10.8 Å². The summed E-state index contributed by atoms with van der Waals surface area (Å²) in [5, 5.41) is 5.70. The number of fused-ring (bicyclic) bond motifs is 1. The third-order valence-corrected chi connectivity index (χ3v) is 4.42. The molecule has 0 spiro atoms. The molecule has 1 aliphatic carbocycles. The topological polar surface area (TPSA) is 29.1 Å². The fraction of sp³-hybridized carbons (Fsp3) is 0.421. The van der Waals surface area contributed by atoms with Gasteiger partial charge in [0.05, 0.1) is 0 Å². The molecule has 0 unspecified atom stereocenters. The summed E-state index contributed by atoms with van der Waals surface area (Å²) in [4.78, 5) is 12.0. The van der Waals surface area contributed by atoms with Gasteiger partial charge >= 0.3 is 0 Å². The number of hydrogen-bond acceptors (Lipinski definition) is 1. The largest absolute Gasteiger partial charge is 0.353 e. The Balaban J connectivity index is 1.54. The van der Waals surface area contributed by atoms with E-state index in [1.54, 1.807) is 0 Å². The summed E-state index contributed by atoms with van der Waals surface area (Å²) in [5.74, 6) is 0.204. The Bertz CT molecular complexity index is 614. The highest BCUT2D eigenvalue weighted by Gasteiger charge is 2.15. The van der Waals surface area contributed by atoms with Crippen LogP contribution in [0.4, 0.5) is 0 Å². The molecule has 0 bridgehead atoms. The summed E-state index contributed by atoms with van der Waals surface area (Å²) >= 11 is 0. The van der Waals surface area contributed by atoms with Gasteiger partial charge in [-0.1, -0.05) is 61.7 Å². The Labute approximate surface area is 126 Å². The number of carbonyl (C=O) groups is 1. The number of amides is 1. The third kappa shape index (κ3) is 3.84. The molecule has 1 amide bonds. The van der Waals surface area contributed by atoms with Crippen molar-refractivity contribution in [3.05, 3.63) is 48.0 Å². The Morgan fingerprint density at radius 2 is 1.76 bits per heavy atom. The molecule has 21 heavy (non-hydrogen) atoms. The smallest absolute Gasteiger partial charge is 0.220 e. The zero-order chi connectivity index (χ0) is 14.5. The zero-order valence-electron chi connectivity index (χ0n) is 12.5. The fourth-order valence-electron chi connectivity index (χ4n) is 3.20. The number of aryl methyl sites for hydroxylation is 1. The van der Waals surface area contributed by atoms with Crippen LogP contribution in [-0.2, 0) is 11.2 Å². The average Bonchev–Trinajstić information content (AvgIpc) is 2.54. The minimum Gasteiger partial charge on any atom is -0.353 e. The van der Waals surface area contributed by atoms with E-state index in [-0.39, 0.29) is 5.91 Å². The Morgan fingerprint density at radius 1 is 1.00 bits per heavy atom. The van der Waals surface area contributed by atoms with Gasteiger partial charge in [-0.2, -0.15) is 0 Å². The second-order valence-electron chi connectivity index (χ2n) is 6.08. The highest BCUT2D eigenvalue weighted by molar-refractivity contribution is 5.83. The number of benzene rings is 2. The van der Waals surface area contributed by atoms with E-state index in [1.807, 2.05) is 0 Å². The molecule has 1 fully saturated rings. The average molecular weight is 281 g/mol. The van der Waals surface area contributed by atoms with Crippen LogP contribution in [0.15, 0.2) is 42.5 Å². The molecule has 2 heteroatoms. The van der Waals surface area contributed by atoms with Crippen molar-refractivity contribution in [1.29, 1.82) is 0 Å². The van der Waals surface area contributed by atoms with E-state index >= 15 is 0 Å². The van der Waals surface area contributed by atoms with Gasteiger partial charge in [0.25, 0.3) is 0 Å². The van der Waals surface area contributed by atoms with Gasteiger partial charge < -0.3 is 5.32 Å². The van der Waals surface area contributed by atoms with Crippen LogP contribution in [-0.4, -0.2) is 11.9 Å². The summed E-state index contributed by atoms with van der Waals surface area (Å²) in [7, 11) is 0. The quantitative estimate of drug-likeness (QED) is 0.893. The second kappa shape index (κ2) is 6.75. The predicted octanol–water partition coefficient (Wildman–Crippen LogP) is 4.22. The highest BCUT2D eigenvalue weighted by atomic mass is 16.1. The summed E-state index contributed by atoms with van der Waals surface area (Å²) in [6.07, 6.45) is 7.57. The molecule has 0 heterocycles. The third-order valence-electron chi connectivity index (χ3n) is 4.42. The lowest BCUT2D eigenvalue weighted by Crippen LogP contribution is -2.36. The summed E-state index contributed by atoms with van der Waals surface area (Å²) in [6, 6.07) is 15.3. The van der Waals surface area contributed by atoms with Gasteiger partial charge in [-0.05, 0) is 35.6 Å². The van der Waals surface area contributed by atoms with Gasteiger partial charge in [-0.3, -0.25) is 4.79 Å². The maximum absolute atomic E-state index is 12.0. The van der Waals surface area contributed by atoms with Crippen molar-refractivity contribution in [3.8, 4) is 0 Å². The van der Waals surface area contributed by atoms with Crippen molar-refractivity contribution in [2.45, 2.75) is 51.0 Å². The Morgan fingerprint density at radius 3 is 2.57 bits per heavy atom.